The Morgan fingerprint density at radius 1 is 1.18 bits per heavy atom. The molecule has 0 saturated carbocycles. The average molecular weight is 316 g/mol. The molecule has 1 heterocycles. The molecule has 0 saturated heterocycles. The first kappa shape index (κ1) is 16.2. The number of anilines is 1. The lowest BCUT2D eigenvalue weighted by molar-refractivity contribution is -0.120. The fourth-order valence-electron chi connectivity index (χ4n) is 2.17. The number of amides is 2. The van der Waals surface area contributed by atoms with Gasteiger partial charge in [-0.2, -0.15) is 0 Å². The van der Waals surface area contributed by atoms with Gasteiger partial charge in [0.1, 0.15) is 0 Å². The number of benzene rings is 1. The van der Waals surface area contributed by atoms with Gasteiger partial charge in [-0.05, 0) is 48.6 Å². The smallest absolute Gasteiger partial charge is 0.226 e. The molecule has 2 aromatic rings. The molecule has 0 fully saturated rings. The highest BCUT2D eigenvalue weighted by molar-refractivity contribution is 7.10. The fourth-order valence-corrected chi connectivity index (χ4v) is 2.95. The summed E-state index contributed by atoms with van der Waals surface area (Å²) in [7, 11) is 0. The Hall–Kier alpha value is -2.14. The molecule has 1 aromatic heterocycles. The van der Waals surface area contributed by atoms with Crippen LogP contribution in [0.4, 0.5) is 5.69 Å². The van der Waals surface area contributed by atoms with E-state index in [0.29, 0.717) is 0 Å². The van der Waals surface area contributed by atoms with Gasteiger partial charge in [-0.15, -0.1) is 11.3 Å². The van der Waals surface area contributed by atoms with Crippen molar-refractivity contribution < 1.29 is 9.59 Å². The van der Waals surface area contributed by atoms with Gasteiger partial charge in [0.05, 0.1) is 12.5 Å². The molecule has 4 nitrogen and oxygen atoms in total. The van der Waals surface area contributed by atoms with Crippen LogP contribution in [0.2, 0.25) is 0 Å². The van der Waals surface area contributed by atoms with Crippen molar-refractivity contribution in [1.82, 2.24) is 5.32 Å². The molecule has 1 atom stereocenters. The van der Waals surface area contributed by atoms with E-state index >= 15 is 0 Å². The third-order valence-electron chi connectivity index (χ3n) is 3.44. The van der Waals surface area contributed by atoms with Crippen molar-refractivity contribution in [1.29, 1.82) is 0 Å². The molecule has 2 amide bonds. The van der Waals surface area contributed by atoms with Crippen LogP contribution in [-0.2, 0) is 9.59 Å². The summed E-state index contributed by atoms with van der Waals surface area (Å²) < 4.78 is 0. The van der Waals surface area contributed by atoms with E-state index in [1.165, 1.54) is 23.8 Å². The number of carbonyl (C=O) groups is 2. The van der Waals surface area contributed by atoms with Gasteiger partial charge in [0.25, 0.3) is 0 Å². The quantitative estimate of drug-likeness (QED) is 0.886. The molecule has 0 spiro atoms. The molecule has 1 aromatic carbocycles. The van der Waals surface area contributed by atoms with Crippen LogP contribution < -0.4 is 10.6 Å². The Labute approximate surface area is 134 Å². The molecule has 5 heteroatoms. The highest BCUT2D eigenvalue weighted by atomic mass is 32.1. The predicted molar refractivity (Wildman–Crippen MR) is 90.0 cm³/mol. The molecule has 2 rings (SSSR count). The second-order valence-corrected chi connectivity index (χ2v) is 6.30. The maximum atomic E-state index is 12.2. The van der Waals surface area contributed by atoms with E-state index in [4.69, 9.17) is 0 Å². The summed E-state index contributed by atoms with van der Waals surface area (Å²) in [4.78, 5) is 24.5. The van der Waals surface area contributed by atoms with Gasteiger partial charge < -0.3 is 10.6 Å². The Kier molecular flexibility index (Phi) is 5.33. The summed E-state index contributed by atoms with van der Waals surface area (Å²) in [5, 5.41) is 7.66. The van der Waals surface area contributed by atoms with E-state index < -0.39 is 0 Å². The van der Waals surface area contributed by atoms with Crippen molar-refractivity contribution in [2.24, 2.45) is 0 Å². The van der Waals surface area contributed by atoms with Crippen LogP contribution in [0.5, 0.6) is 0 Å². The minimum atomic E-state index is -0.288. The fraction of sp³-hybridized carbons (Fsp3) is 0.294. The first-order valence-corrected chi connectivity index (χ1v) is 8.01. The van der Waals surface area contributed by atoms with Crippen LogP contribution >= 0.6 is 11.3 Å². The monoisotopic (exact) mass is 316 g/mol. The van der Waals surface area contributed by atoms with Gasteiger partial charge >= 0.3 is 0 Å². The van der Waals surface area contributed by atoms with Crippen molar-refractivity contribution >= 4 is 28.8 Å². The lowest BCUT2D eigenvalue weighted by atomic mass is 10.1. The zero-order valence-corrected chi connectivity index (χ0v) is 13.8. The number of nitrogens with one attached hydrogen (secondary N) is 2. The number of rotatable bonds is 5. The molecular formula is C17H20N2O2S. The molecule has 0 aliphatic rings. The Balaban J connectivity index is 2.04. The second kappa shape index (κ2) is 7.22. The summed E-state index contributed by atoms with van der Waals surface area (Å²) in [6.07, 6.45) is 0.215. The minimum Gasteiger partial charge on any atom is -0.348 e. The molecular weight excluding hydrogens is 296 g/mol. The lowest BCUT2D eigenvalue weighted by Crippen LogP contribution is -2.29. The van der Waals surface area contributed by atoms with Crippen molar-refractivity contribution in [3.8, 4) is 0 Å². The number of aryl methyl sites for hydroxylation is 2. The molecule has 2 N–H and O–H groups in total. The average Bonchev–Trinajstić information content (AvgIpc) is 2.95. The predicted octanol–water partition coefficient (Wildman–Crippen LogP) is 3.57. The lowest BCUT2D eigenvalue weighted by Gasteiger charge is -2.16. The highest BCUT2D eigenvalue weighted by Crippen LogP contribution is 2.23. The van der Waals surface area contributed by atoms with Crippen LogP contribution in [0.15, 0.2) is 35.7 Å². The minimum absolute atomic E-state index is 0.115. The molecule has 0 radical (unpaired) electrons. The summed E-state index contributed by atoms with van der Waals surface area (Å²) >= 11 is 1.53. The number of carbonyl (C=O) groups excluding carboxylic acids is 2. The Morgan fingerprint density at radius 2 is 1.95 bits per heavy atom. The van der Waals surface area contributed by atoms with Gasteiger partial charge in [0, 0.05) is 17.5 Å². The van der Waals surface area contributed by atoms with Crippen molar-refractivity contribution in [3.63, 3.8) is 0 Å². The Bertz CT molecular complexity index is 665. The van der Waals surface area contributed by atoms with Crippen LogP contribution in [0.3, 0.4) is 0 Å². The highest BCUT2D eigenvalue weighted by Gasteiger charge is 2.18. The van der Waals surface area contributed by atoms with E-state index in [1.807, 2.05) is 49.6 Å². The normalized spacial score (nSPS) is 11.8. The van der Waals surface area contributed by atoms with E-state index in [-0.39, 0.29) is 24.3 Å². The van der Waals surface area contributed by atoms with Crippen LogP contribution in [0.25, 0.3) is 0 Å². The van der Waals surface area contributed by atoms with Gasteiger partial charge in [-0.1, -0.05) is 12.1 Å². The molecule has 116 valence electrons. The number of thiophene rings is 1. The molecule has 22 heavy (non-hydrogen) atoms. The zero-order valence-electron chi connectivity index (χ0n) is 13.0. The SMILES string of the molecule is CC(=O)N[C@@H](CC(=O)Nc1ccc(C)c(C)c1)c1cccs1. The summed E-state index contributed by atoms with van der Waals surface area (Å²) in [6, 6.07) is 9.37. The molecule has 0 unspecified atom stereocenters. The van der Waals surface area contributed by atoms with Crippen molar-refractivity contribution in [2.45, 2.75) is 33.2 Å². The first-order valence-electron chi connectivity index (χ1n) is 7.13. The molecule has 0 aliphatic heterocycles. The molecule has 0 aliphatic carbocycles. The summed E-state index contributed by atoms with van der Waals surface area (Å²) in [5.41, 5.74) is 3.10. The van der Waals surface area contributed by atoms with Gasteiger partial charge in [-0.25, -0.2) is 0 Å². The van der Waals surface area contributed by atoms with Crippen LogP contribution in [0, 0.1) is 13.8 Å². The van der Waals surface area contributed by atoms with Gasteiger partial charge in [0.15, 0.2) is 0 Å². The summed E-state index contributed by atoms with van der Waals surface area (Å²) in [6.45, 7) is 5.50. The number of hydrogen-bond donors (Lipinski definition) is 2. The van der Waals surface area contributed by atoms with Crippen LogP contribution in [0.1, 0.15) is 35.4 Å². The van der Waals surface area contributed by atoms with Crippen molar-refractivity contribution in [2.75, 3.05) is 5.32 Å². The molecule has 0 bridgehead atoms. The van der Waals surface area contributed by atoms with E-state index in [0.717, 1.165) is 16.1 Å². The van der Waals surface area contributed by atoms with Crippen molar-refractivity contribution in [3.05, 3.63) is 51.7 Å². The largest absolute Gasteiger partial charge is 0.348 e. The van der Waals surface area contributed by atoms with E-state index in [9.17, 15) is 9.59 Å². The maximum Gasteiger partial charge on any atom is 0.226 e. The second-order valence-electron chi connectivity index (χ2n) is 5.32. The number of hydrogen-bond acceptors (Lipinski definition) is 3. The van der Waals surface area contributed by atoms with E-state index in [1.54, 1.807) is 0 Å². The Morgan fingerprint density at radius 3 is 2.55 bits per heavy atom. The van der Waals surface area contributed by atoms with Crippen LogP contribution in [-0.4, -0.2) is 11.8 Å². The first-order chi connectivity index (χ1) is 10.5. The van der Waals surface area contributed by atoms with E-state index in [2.05, 4.69) is 10.6 Å². The topological polar surface area (TPSA) is 58.2 Å². The third kappa shape index (κ3) is 4.43. The third-order valence-corrected chi connectivity index (χ3v) is 4.43. The van der Waals surface area contributed by atoms with Gasteiger partial charge in [-0.3, -0.25) is 9.59 Å². The maximum absolute atomic E-state index is 12.2. The van der Waals surface area contributed by atoms with Gasteiger partial charge in [0.2, 0.25) is 11.8 Å². The standard InChI is InChI=1S/C17H20N2O2S/c1-11-6-7-14(9-12(11)2)19-17(21)10-15(18-13(3)20)16-5-4-8-22-16/h4-9,15H,10H2,1-3H3,(H,18,20)(H,19,21)/t15-/m0/s1. The zero-order chi connectivity index (χ0) is 16.1. The summed E-state index contributed by atoms with van der Waals surface area (Å²) in [5.74, 6) is -0.257.